The van der Waals surface area contributed by atoms with E-state index in [4.69, 9.17) is 4.74 Å². The quantitative estimate of drug-likeness (QED) is 0.780. The van der Waals surface area contributed by atoms with Crippen LogP contribution in [0.5, 0.6) is 0 Å². The molecule has 1 N–H and O–H groups in total. The van der Waals surface area contributed by atoms with Crippen LogP contribution in [0, 0.1) is 11.3 Å². The number of rotatable bonds is 5. The summed E-state index contributed by atoms with van der Waals surface area (Å²) >= 11 is 0. The summed E-state index contributed by atoms with van der Waals surface area (Å²) in [6.07, 6.45) is 5.28. The summed E-state index contributed by atoms with van der Waals surface area (Å²) in [4.78, 5) is 0. The van der Waals surface area contributed by atoms with Crippen LogP contribution in [0.15, 0.2) is 0 Å². The van der Waals surface area contributed by atoms with E-state index >= 15 is 0 Å². The van der Waals surface area contributed by atoms with Gasteiger partial charge in [-0.15, -0.1) is 0 Å². The number of nitriles is 1. The van der Waals surface area contributed by atoms with Gasteiger partial charge in [0.1, 0.15) is 5.54 Å². The summed E-state index contributed by atoms with van der Waals surface area (Å²) in [5.41, 5.74) is -0.305. The van der Waals surface area contributed by atoms with Gasteiger partial charge >= 0.3 is 0 Å². The monoisotopic (exact) mass is 224 g/mol. The number of ether oxygens (including phenoxy) is 1. The fourth-order valence-corrected chi connectivity index (χ4v) is 2.38. The van der Waals surface area contributed by atoms with Crippen LogP contribution in [0.2, 0.25) is 0 Å². The molecule has 0 amide bonds. The average molecular weight is 224 g/mol. The predicted molar refractivity (Wildman–Crippen MR) is 65.1 cm³/mol. The van der Waals surface area contributed by atoms with E-state index in [2.05, 4.69) is 32.2 Å². The van der Waals surface area contributed by atoms with Gasteiger partial charge in [-0.25, -0.2) is 0 Å². The lowest BCUT2D eigenvalue weighted by molar-refractivity contribution is 0.0147. The second kappa shape index (κ2) is 6.22. The summed E-state index contributed by atoms with van der Waals surface area (Å²) in [6.45, 7) is 7.17. The topological polar surface area (TPSA) is 45.0 Å². The number of hydrogen-bond acceptors (Lipinski definition) is 3. The van der Waals surface area contributed by atoms with Gasteiger partial charge in [-0.05, 0) is 46.0 Å². The molecular weight excluding hydrogens is 200 g/mol. The lowest BCUT2D eigenvalue weighted by Gasteiger charge is -2.36. The van der Waals surface area contributed by atoms with Crippen LogP contribution in [0.25, 0.3) is 0 Å². The Balaban J connectivity index is 2.42. The number of nitrogens with zero attached hydrogens (tertiary/aromatic N) is 1. The zero-order valence-electron chi connectivity index (χ0n) is 10.8. The molecule has 1 aliphatic rings. The van der Waals surface area contributed by atoms with Gasteiger partial charge in [-0.3, -0.25) is 5.32 Å². The molecule has 0 atom stereocenters. The Morgan fingerprint density at radius 1 is 1.44 bits per heavy atom. The fourth-order valence-electron chi connectivity index (χ4n) is 2.38. The van der Waals surface area contributed by atoms with Gasteiger partial charge in [0.15, 0.2) is 0 Å². The highest BCUT2D eigenvalue weighted by Crippen LogP contribution is 2.30. The van der Waals surface area contributed by atoms with Crippen molar-refractivity contribution in [2.45, 2.75) is 70.6 Å². The molecule has 3 nitrogen and oxygen atoms in total. The molecule has 0 bridgehead atoms. The number of nitrogens with one attached hydrogen (secondary N) is 1. The summed E-state index contributed by atoms with van der Waals surface area (Å²) < 4.78 is 5.74. The highest BCUT2D eigenvalue weighted by molar-refractivity contribution is 5.10. The largest absolute Gasteiger partial charge is 0.378 e. The standard InChI is InChI=1S/C13H24N2O/c1-4-9-16-12-5-7-13(10-14,8-6-12)15-11(2)3/h11-12,15H,4-9H2,1-3H3. The Labute approximate surface area is 99.2 Å². The Morgan fingerprint density at radius 2 is 2.06 bits per heavy atom. The third kappa shape index (κ3) is 3.77. The molecule has 0 aromatic carbocycles. The van der Waals surface area contributed by atoms with E-state index in [0.29, 0.717) is 12.1 Å². The first-order valence-corrected chi connectivity index (χ1v) is 6.42. The minimum atomic E-state index is -0.305. The average Bonchev–Trinajstić information content (AvgIpc) is 2.27. The van der Waals surface area contributed by atoms with Crippen LogP contribution < -0.4 is 5.32 Å². The Kier molecular flexibility index (Phi) is 5.24. The second-order valence-electron chi connectivity index (χ2n) is 5.06. The molecule has 0 aliphatic heterocycles. The second-order valence-corrected chi connectivity index (χ2v) is 5.06. The number of hydrogen-bond donors (Lipinski definition) is 1. The maximum atomic E-state index is 9.30. The summed E-state index contributed by atoms with van der Waals surface area (Å²) in [7, 11) is 0. The minimum absolute atomic E-state index is 0.305. The summed E-state index contributed by atoms with van der Waals surface area (Å²) in [5, 5.41) is 12.7. The maximum absolute atomic E-state index is 9.30. The Bertz CT molecular complexity index is 237. The molecule has 0 spiro atoms. The molecule has 16 heavy (non-hydrogen) atoms. The van der Waals surface area contributed by atoms with Crippen molar-refractivity contribution in [3.63, 3.8) is 0 Å². The summed E-state index contributed by atoms with van der Waals surface area (Å²) in [5.74, 6) is 0. The SMILES string of the molecule is CCCOC1CCC(C#N)(NC(C)C)CC1. The van der Waals surface area contributed by atoms with Crippen LogP contribution in [-0.4, -0.2) is 24.3 Å². The van der Waals surface area contributed by atoms with E-state index in [1.54, 1.807) is 0 Å². The first kappa shape index (κ1) is 13.5. The van der Waals surface area contributed by atoms with Crippen LogP contribution in [0.4, 0.5) is 0 Å². The van der Waals surface area contributed by atoms with Gasteiger partial charge in [0.25, 0.3) is 0 Å². The van der Waals surface area contributed by atoms with Crippen molar-refractivity contribution in [2.75, 3.05) is 6.61 Å². The van der Waals surface area contributed by atoms with Crippen LogP contribution in [0.1, 0.15) is 52.9 Å². The van der Waals surface area contributed by atoms with Gasteiger partial charge < -0.3 is 4.74 Å². The maximum Gasteiger partial charge on any atom is 0.107 e. The molecule has 1 rings (SSSR count). The van der Waals surface area contributed by atoms with Gasteiger partial charge in [0.05, 0.1) is 12.2 Å². The molecule has 0 heterocycles. The minimum Gasteiger partial charge on any atom is -0.378 e. The molecule has 0 saturated heterocycles. The van der Waals surface area contributed by atoms with Crippen molar-refractivity contribution in [3.8, 4) is 6.07 Å². The van der Waals surface area contributed by atoms with E-state index in [9.17, 15) is 5.26 Å². The van der Waals surface area contributed by atoms with E-state index < -0.39 is 0 Å². The molecule has 0 radical (unpaired) electrons. The van der Waals surface area contributed by atoms with Crippen molar-refractivity contribution < 1.29 is 4.74 Å². The highest BCUT2D eigenvalue weighted by atomic mass is 16.5. The molecule has 0 aromatic rings. The summed E-state index contributed by atoms with van der Waals surface area (Å²) in [6, 6.07) is 2.83. The van der Waals surface area contributed by atoms with Crippen LogP contribution in [0.3, 0.4) is 0 Å². The molecule has 0 unspecified atom stereocenters. The fraction of sp³-hybridized carbons (Fsp3) is 0.923. The van der Waals surface area contributed by atoms with Crippen molar-refractivity contribution in [3.05, 3.63) is 0 Å². The highest BCUT2D eigenvalue weighted by Gasteiger charge is 2.35. The molecule has 1 fully saturated rings. The van der Waals surface area contributed by atoms with Gasteiger partial charge in [0, 0.05) is 12.6 Å². The van der Waals surface area contributed by atoms with Crippen LogP contribution in [-0.2, 0) is 4.74 Å². The van der Waals surface area contributed by atoms with Gasteiger partial charge in [0.2, 0.25) is 0 Å². The van der Waals surface area contributed by atoms with Crippen LogP contribution >= 0.6 is 0 Å². The zero-order chi connectivity index (χ0) is 12.0. The third-order valence-corrected chi connectivity index (χ3v) is 3.12. The van der Waals surface area contributed by atoms with Crippen molar-refractivity contribution in [1.82, 2.24) is 5.32 Å². The molecular formula is C13H24N2O. The lowest BCUT2D eigenvalue weighted by Crippen LogP contribution is -2.50. The Hall–Kier alpha value is -0.590. The smallest absolute Gasteiger partial charge is 0.107 e. The normalized spacial score (nSPS) is 30.3. The molecule has 3 heteroatoms. The van der Waals surface area contributed by atoms with E-state index in [1.165, 1.54) is 0 Å². The van der Waals surface area contributed by atoms with E-state index in [-0.39, 0.29) is 5.54 Å². The zero-order valence-corrected chi connectivity index (χ0v) is 10.8. The van der Waals surface area contributed by atoms with Crippen molar-refractivity contribution in [2.24, 2.45) is 0 Å². The molecule has 1 saturated carbocycles. The third-order valence-electron chi connectivity index (χ3n) is 3.12. The first-order valence-electron chi connectivity index (χ1n) is 6.42. The molecule has 0 aromatic heterocycles. The Morgan fingerprint density at radius 3 is 2.50 bits per heavy atom. The lowest BCUT2D eigenvalue weighted by atomic mass is 9.81. The molecule has 1 aliphatic carbocycles. The van der Waals surface area contributed by atoms with E-state index in [1.807, 2.05) is 0 Å². The predicted octanol–water partition coefficient (Wildman–Crippen LogP) is 2.62. The van der Waals surface area contributed by atoms with Crippen molar-refractivity contribution >= 4 is 0 Å². The van der Waals surface area contributed by atoms with E-state index in [0.717, 1.165) is 38.7 Å². The van der Waals surface area contributed by atoms with Gasteiger partial charge in [-0.1, -0.05) is 6.92 Å². The first-order chi connectivity index (χ1) is 7.62. The van der Waals surface area contributed by atoms with Gasteiger partial charge in [-0.2, -0.15) is 5.26 Å². The molecule has 92 valence electrons. The van der Waals surface area contributed by atoms with Crippen molar-refractivity contribution in [1.29, 1.82) is 5.26 Å².